The van der Waals surface area contributed by atoms with Crippen molar-refractivity contribution in [1.82, 2.24) is 10.2 Å². The molecule has 0 bridgehead atoms. The fourth-order valence-electron chi connectivity index (χ4n) is 8.34. The molecule has 3 aliphatic rings. The Morgan fingerprint density at radius 1 is 0.870 bits per heavy atom. The first-order valence-corrected chi connectivity index (χ1v) is 17.8. The molecule has 12 heteroatoms. The second-order valence-corrected chi connectivity index (χ2v) is 13.2. The molecule has 3 aliphatic heterocycles. The summed E-state index contributed by atoms with van der Waals surface area (Å²) in [5.41, 5.74) is 0.739. The van der Waals surface area contributed by atoms with Crippen LogP contribution in [-0.2, 0) is 34.0 Å². The molecular formula is C42H41N3O9. The van der Waals surface area contributed by atoms with Crippen LogP contribution in [0.4, 0.5) is 10.5 Å². The molecule has 3 heterocycles. The van der Waals surface area contributed by atoms with Crippen LogP contribution in [0.3, 0.4) is 0 Å². The van der Waals surface area contributed by atoms with Crippen LogP contribution in [0.5, 0.6) is 5.75 Å². The summed E-state index contributed by atoms with van der Waals surface area (Å²) in [4.78, 5) is 62.2. The summed E-state index contributed by atoms with van der Waals surface area (Å²) in [6.07, 6.45) is -0.292. The molecule has 2 fully saturated rings. The number of para-hydroxylation sites is 1. The van der Waals surface area contributed by atoms with Crippen molar-refractivity contribution in [2.24, 2.45) is 5.92 Å². The number of rotatable bonds is 12. The predicted octanol–water partition coefficient (Wildman–Crippen LogP) is 4.81. The van der Waals surface area contributed by atoms with Crippen molar-refractivity contribution in [3.05, 3.63) is 144 Å². The minimum atomic E-state index is -1.89. The zero-order valence-electron chi connectivity index (χ0n) is 29.7. The molecule has 6 atom stereocenters. The van der Waals surface area contributed by atoms with Crippen molar-refractivity contribution >= 4 is 29.6 Å². The van der Waals surface area contributed by atoms with Gasteiger partial charge in [-0.15, -0.1) is 6.58 Å². The first-order valence-electron chi connectivity index (χ1n) is 17.8. The van der Waals surface area contributed by atoms with E-state index >= 15 is 4.79 Å². The lowest BCUT2D eigenvalue weighted by Gasteiger charge is -2.46. The molecule has 0 aliphatic carbocycles. The summed E-state index contributed by atoms with van der Waals surface area (Å²) in [6.45, 7) is 3.56. The van der Waals surface area contributed by atoms with Gasteiger partial charge in [-0.2, -0.15) is 0 Å². The van der Waals surface area contributed by atoms with Gasteiger partial charge in [0.1, 0.15) is 36.5 Å². The number of ether oxygens (including phenoxy) is 4. The number of esters is 1. The topological polar surface area (TPSA) is 144 Å². The van der Waals surface area contributed by atoms with Crippen molar-refractivity contribution in [2.75, 3.05) is 45.0 Å². The van der Waals surface area contributed by atoms with Crippen molar-refractivity contribution in [1.29, 1.82) is 0 Å². The van der Waals surface area contributed by atoms with Crippen LogP contribution < -0.4 is 15.0 Å². The van der Waals surface area contributed by atoms with Gasteiger partial charge in [-0.05, 0) is 40.5 Å². The van der Waals surface area contributed by atoms with E-state index in [1.807, 2.05) is 71.6 Å². The summed E-state index contributed by atoms with van der Waals surface area (Å²) < 4.78 is 22.9. The van der Waals surface area contributed by atoms with Crippen molar-refractivity contribution in [3.8, 4) is 5.75 Å². The standard InChI is InChI=1S/C42H41N3O9/c1-3-21-43-38(47)33-35-39(48)54-36(28-15-8-5-9-16-28)34(27-13-6-4-7-14-27)45(35)37(29-17-12-18-30(26-29)52-23-22-46)42(33)31-19-10-11-20-32(31)44(40(42)49)41(50)53-25-24-51-2/h3-20,26,33-37,46H,1,21-25H2,2H3,(H,43,47)/t33-,34-,35-,36+,37+,42-/m0/s1. The highest BCUT2D eigenvalue weighted by atomic mass is 16.6. The number of carbonyl (C=O) groups excluding carboxylic acids is 4. The molecule has 0 saturated carbocycles. The maximum atomic E-state index is 15.7. The van der Waals surface area contributed by atoms with Gasteiger partial charge >= 0.3 is 12.1 Å². The Morgan fingerprint density at radius 2 is 1.56 bits per heavy atom. The van der Waals surface area contributed by atoms with Gasteiger partial charge in [0, 0.05) is 13.7 Å². The normalized spacial score (nSPS) is 24.4. The minimum absolute atomic E-state index is 0.0100. The third-order valence-corrected chi connectivity index (χ3v) is 10.3. The van der Waals surface area contributed by atoms with E-state index in [-0.39, 0.29) is 38.7 Å². The van der Waals surface area contributed by atoms with E-state index in [9.17, 15) is 19.5 Å². The second kappa shape index (κ2) is 15.7. The number of benzene rings is 4. The van der Waals surface area contributed by atoms with E-state index in [1.165, 1.54) is 13.2 Å². The Hall–Kier alpha value is -5.82. The molecule has 1 spiro atoms. The molecule has 0 aromatic heterocycles. The Morgan fingerprint density at radius 3 is 2.26 bits per heavy atom. The third kappa shape index (κ3) is 6.11. The van der Waals surface area contributed by atoms with E-state index in [0.29, 0.717) is 22.4 Å². The summed E-state index contributed by atoms with van der Waals surface area (Å²) in [6, 6.07) is 29.6. The number of aliphatic hydroxyl groups excluding tert-OH is 1. The van der Waals surface area contributed by atoms with E-state index in [4.69, 9.17) is 18.9 Å². The Kier molecular flexibility index (Phi) is 10.6. The molecule has 4 aromatic rings. The molecule has 3 amide bonds. The molecular weight excluding hydrogens is 690 g/mol. The number of nitrogens with one attached hydrogen (secondary N) is 1. The fraction of sp³-hybridized carbons (Fsp3) is 0.286. The smallest absolute Gasteiger partial charge is 0.421 e. The number of carbonyl (C=O) groups is 4. The zero-order valence-corrected chi connectivity index (χ0v) is 29.7. The first-order chi connectivity index (χ1) is 26.4. The van der Waals surface area contributed by atoms with Gasteiger partial charge in [0.2, 0.25) is 11.8 Å². The van der Waals surface area contributed by atoms with Crippen LogP contribution in [-0.4, -0.2) is 80.0 Å². The third-order valence-electron chi connectivity index (χ3n) is 10.3. The fourth-order valence-corrected chi connectivity index (χ4v) is 8.34. The number of morpholine rings is 1. The second-order valence-electron chi connectivity index (χ2n) is 13.2. The van der Waals surface area contributed by atoms with Crippen LogP contribution in [0.25, 0.3) is 0 Å². The van der Waals surface area contributed by atoms with Crippen LogP contribution in [0.1, 0.15) is 40.4 Å². The number of anilines is 1. The Bertz CT molecular complexity index is 2030. The van der Waals surface area contributed by atoms with Crippen LogP contribution >= 0.6 is 0 Å². The number of nitrogens with zero attached hydrogens (tertiary/aromatic N) is 2. The van der Waals surface area contributed by atoms with Crippen LogP contribution in [0.15, 0.2) is 122 Å². The van der Waals surface area contributed by atoms with E-state index < -0.39 is 59.4 Å². The first kappa shape index (κ1) is 36.5. The Balaban J connectivity index is 1.55. The summed E-state index contributed by atoms with van der Waals surface area (Å²) in [7, 11) is 1.47. The number of aliphatic hydroxyl groups is 1. The van der Waals surface area contributed by atoms with Crippen LogP contribution in [0, 0.1) is 5.92 Å². The number of fused-ring (bicyclic) bond motifs is 3. The molecule has 0 unspecified atom stereocenters. The minimum Gasteiger partial charge on any atom is -0.491 e. The van der Waals surface area contributed by atoms with Crippen molar-refractivity contribution in [2.45, 2.75) is 29.6 Å². The highest BCUT2D eigenvalue weighted by Crippen LogP contribution is 2.65. The highest BCUT2D eigenvalue weighted by Gasteiger charge is 2.75. The summed E-state index contributed by atoms with van der Waals surface area (Å²) >= 11 is 0. The van der Waals surface area contributed by atoms with E-state index in [1.54, 1.807) is 42.5 Å². The molecule has 0 radical (unpaired) electrons. The van der Waals surface area contributed by atoms with Crippen molar-refractivity contribution < 1.29 is 43.2 Å². The average molecular weight is 732 g/mol. The number of amides is 3. The molecule has 2 N–H and O–H groups in total. The number of hydrogen-bond acceptors (Lipinski definition) is 10. The number of methoxy groups -OCH3 is 1. The number of imide groups is 1. The lowest BCUT2D eigenvalue weighted by molar-refractivity contribution is -0.178. The molecule has 2 saturated heterocycles. The molecule has 278 valence electrons. The summed E-state index contributed by atoms with van der Waals surface area (Å²) in [5.74, 6) is -3.04. The average Bonchev–Trinajstić information content (AvgIpc) is 3.66. The number of hydrogen-bond donors (Lipinski definition) is 2. The monoisotopic (exact) mass is 731 g/mol. The van der Waals surface area contributed by atoms with Gasteiger partial charge in [0.15, 0.2) is 0 Å². The quantitative estimate of drug-likeness (QED) is 0.118. The lowest BCUT2D eigenvalue weighted by atomic mass is 9.65. The van der Waals surface area contributed by atoms with Gasteiger partial charge in [-0.1, -0.05) is 97.1 Å². The maximum absolute atomic E-state index is 15.7. The lowest BCUT2D eigenvalue weighted by Crippen LogP contribution is -2.55. The number of cyclic esters (lactones) is 1. The van der Waals surface area contributed by atoms with E-state index in [2.05, 4.69) is 11.9 Å². The highest BCUT2D eigenvalue weighted by molar-refractivity contribution is 6.23. The molecule has 12 nitrogen and oxygen atoms in total. The summed E-state index contributed by atoms with van der Waals surface area (Å²) in [5, 5.41) is 12.5. The predicted molar refractivity (Wildman–Crippen MR) is 197 cm³/mol. The van der Waals surface area contributed by atoms with Gasteiger partial charge in [0.05, 0.1) is 36.9 Å². The molecule has 7 rings (SSSR count). The SMILES string of the molecule is C=CCNC(=O)[C@@H]1[C@H]2C(=O)O[C@H](c3ccccc3)[C@H](c3ccccc3)N2[C@H](c2cccc(OCCO)c2)[C@@]12C(=O)N(C(=O)OCCOC)c1ccccc12. The van der Waals surface area contributed by atoms with Gasteiger partial charge in [-0.3, -0.25) is 19.3 Å². The molecule has 54 heavy (non-hydrogen) atoms. The van der Waals surface area contributed by atoms with Gasteiger partial charge in [0.25, 0.3) is 0 Å². The largest absolute Gasteiger partial charge is 0.491 e. The van der Waals surface area contributed by atoms with Gasteiger partial charge in [-0.25, -0.2) is 9.69 Å². The Labute approximate surface area is 312 Å². The van der Waals surface area contributed by atoms with Crippen molar-refractivity contribution in [3.63, 3.8) is 0 Å². The van der Waals surface area contributed by atoms with Gasteiger partial charge < -0.3 is 29.4 Å². The molecule has 4 aromatic carbocycles. The van der Waals surface area contributed by atoms with E-state index in [0.717, 1.165) is 10.5 Å². The zero-order chi connectivity index (χ0) is 37.8. The van der Waals surface area contributed by atoms with Crippen LogP contribution in [0.2, 0.25) is 0 Å². The maximum Gasteiger partial charge on any atom is 0.421 e.